The second kappa shape index (κ2) is 1.71. The van der Waals surface area contributed by atoms with Gasteiger partial charge in [0.1, 0.15) is 1.41 Å². The Kier molecular flexibility index (Phi) is 0.822. The number of nitrogens with one attached hydrogen (secondary N) is 1. The van der Waals surface area contributed by atoms with Gasteiger partial charge in [-0.25, -0.2) is 0 Å². The van der Waals surface area contributed by atoms with Gasteiger partial charge in [-0.3, -0.25) is 0 Å². The molecule has 0 amide bonds. The highest BCUT2D eigenvalue weighted by atomic mass is 16.5. The minimum atomic E-state index is 0.376. The highest BCUT2D eigenvalue weighted by Crippen LogP contribution is 2.21. The molecule has 8 heavy (non-hydrogen) atoms. The molecule has 2 heteroatoms. The van der Waals surface area contributed by atoms with Crippen molar-refractivity contribution in [2.24, 2.45) is 0 Å². The van der Waals surface area contributed by atoms with Gasteiger partial charge in [-0.2, -0.15) is 0 Å². The Labute approximate surface area is 50.7 Å². The molecule has 2 unspecified atom stereocenters. The van der Waals surface area contributed by atoms with Crippen LogP contribution >= 0.6 is 0 Å². The van der Waals surface area contributed by atoms with E-state index in [9.17, 15) is 0 Å². The number of ether oxygens (including phenoxy) is 1. The SMILES string of the molecule is [2H]N1CC2CCC(C1)O2. The van der Waals surface area contributed by atoms with E-state index in [2.05, 4.69) is 0 Å². The predicted octanol–water partition coefficient (Wildman–Crippen LogP) is 0.137. The van der Waals surface area contributed by atoms with Crippen molar-refractivity contribution < 1.29 is 6.15 Å². The van der Waals surface area contributed by atoms with Crippen LogP contribution in [0.1, 0.15) is 12.8 Å². The van der Waals surface area contributed by atoms with Gasteiger partial charge in [0.05, 0.1) is 12.2 Å². The summed E-state index contributed by atoms with van der Waals surface area (Å²) in [6, 6.07) is 0. The van der Waals surface area contributed by atoms with E-state index >= 15 is 0 Å². The number of rotatable bonds is 0. The van der Waals surface area contributed by atoms with Gasteiger partial charge in [-0.05, 0) is 12.8 Å². The fourth-order valence-corrected chi connectivity index (χ4v) is 1.41. The second-order valence-electron chi connectivity index (χ2n) is 2.55. The lowest BCUT2D eigenvalue weighted by Gasteiger charge is -2.20. The van der Waals surface area contributed by atoms with Crippen LogP contribution in [-0.4, -0.2) is 25.3 Å². The van der Waals surface area contributed by atoms with Crippen molar-refractivity contribution >= 4 is 0 Å². The molecule has 2 heterocycles. The molecule has 0 spiro atoms. The Morgan fingerprint density at radius 1 is 1.38 bits per heavy atom. The fourth-order valence-electron chi connectivity index (χ4n) is 1.41. The molecule has 0 aliphatic carbocycles. The molecule has 2 aliphatic rings. The Bertz CT molecular complexity index is 108. The first-order chi connectivity index (χ1) is 4.34. The smallest absolute Gasteiger partial charge is 0.122 e. The van der Waals surface area contributed by atoms with Gasteiger partial charge in [0, 0.05) is 13.1 Å². The molecule has 1 N–H and O–H groups in total. The van der Waals surface area contributed by atoms with Gasteiger partial charge in [-0.15, -0.1) is 0 Å². The van der Waals surface area contributed by atoms with Crippen LogP contribution in [0.3, 0.4) is 0 Å². The van der Waals surface area contributed by atoms with E-state index in [0.29, 0.717) is 12.2 Å². The molecule has 0 saturated carbocycles. The van der Waals surface area contributed by atoms with E-state index in [1.807, 2.05) is 0 Å². The summed E-state index contributed by atoms with van der Waals surface area (Å²) in [7, 11) is 0. The maximum atomic E-state index is 7.33. The molecule has 0 aromatic carbocycles. The first-order valence-electron chi connectivity index (χ1n) is 3.68. The van der Waals surface area contributed by atoms with Gasteiger partial charge >= 0.3 is 0 Å². The van der Waals surface area contributed by atoms with E-state index in [1.54, 1.807) is 5.31 Å². The van der Waals surface area contributed by atoms with Crippen molar-refractivity contribution in [1.82, 2.24) is 5.31 Å². The third kappa shape index (κ3) is 0.644. The second-order valence-corrected chi connectivity index (χ2v) is 2.55. The minimum Gasteiger partial charge on any atom is -0.372 e. The molecule has 0 aromatic rings. The summed E-state index contributed by atoms with van der Waals surface area (Å²) in [6.07, 6.45) is 3.09. The molecule has 2 atom stereocenters. The summed E-state index contributed by atoms with van der Waals surface area (Å²) in [5, 5.41) is 1.62. The van der Waals surface area contributed by atoms with Crippen LogP contribution in [0, 0.1) is 0 Å². The van der Waals surface area contributed by atoms with Crippen molar-refractivity contribution in [3.8, 4) is 0 Å². The van der Waals surface area contributed by atoms with Crippen molar-refractivity contribution in [3.63, 3.8) is 0 Å². The van der Waals surface area contributed by atoms with Gasteiger partial charge in [0.2, 0.25) is 0 Å². The van der Waals surface area contributed by atoms with Gasteiger partial charge in [0.15, 0.2) is 0 Å². The Hall–Kier alpha value is -0.0800. The van der Waals surface area contributed by atoms with Crippen LogP contribution < -0.4 is 5.31 Å². The molecule has 2 bridgehead atoms. The first-order valence-corrected chi connectivity index (χ1v) is 3.24. The van der Waals surface area contributed by atoms with E-state index < -0.39 is 0 Å². The summed E-state index contributed by atoms with van der Waals surface area (Å²) in [4.78, 5) is 0. The largest absolute Gasteiger partial charge is 0.372 e. The van der Waals surface area contributed by atoms with Crippen molar-refractivity contribution in [1.29, 1.82) is 0 Å². The molecule has 0 radical (unpaired) electrons. The monoisotopic (exact) mass is 114 g/mol. The van der Waals surface area contributed by atoms with Crippen LogP contribution in [-0.2, 0) is 4.74 Å². The highest BCUT2D eigenvalue weighted by molar-refractivity contribution is 4.81. The molecular weight excluding hydrogens is 102 g/mol. The Morgan fingerprint density at radius 2 is 2.00 bits per heavy atom. The molecule has 2 fully saturated rings. The zero-order valence-electron chi connectivity index (χ0n) is 5.84. The normalized spacial score (nSPS) is 49.2. The summed E-state index contributed by atoms with van der Waals surface area (Å²) in [5.74, 6) is 0. The van der Waals surface area contributed by atoms with Crippen molar-refractivity contribution in [3.05, 3.63) is 0 Å². The number of hydrogen-bond acceptors (Lipinski definition) is 2. The average Bonchev–Trinajstić information content (AvgIpc) is 2.11. The van der Waals surface area contributed by atoms with Crippen LogP contribution in [0.15, 0.2) is 0 Å². The lowest BCUT2D eigenvalue weighted by molar-refractivity contribution is 0.0184. The van der Waals surface area contributed by atoms with E-state index in [4.69, 9.17) is 6.15 Å². The quantitative estimate of drug-likeness (QED) is 0.483. The predicted molar refractivity (Wildman–Crippen MR) is 30.8 cm³/mol. The molecule has 46 valence electrons. The molecule has 0 aromatic heterocycles. The first kappa shape index (κ1) is 3.85. The van der Waals surface area contributed by atoms with Crippen LogP contribution in [0.2, 0.25) is 1.41 Å². The highest BCUT2D eigenvalue weighted by Gasteiger charge is 2.28. The summed E-state index contributed by atoms with van der Waals surface area (Å²) in [6.45, 7) is 1.63. The van der Waals surface area contributed by atoms with Crippen LogP contribution in [0.5, 0.6) is 0 Å². The third-order valence-corrected chi connectivity index (χ3v) is 1.86. The fraction of sp³-hybridized carbons (Fsp3) is 1.00. The molecule has 2 aliphatic heterocycles. The Morgan fingerprint density at radius 3 is 2.62 bits per heavy atom. The van der Waals surface area contributed by atoms with E-state index in [1.165, 1.54) is 12.8 Å². The molecule has 2 saturated heterocycles. The summed E-state index contributed by atoms with van der Waals surface area (Å²) in [5.41, 5.74) is 0. The average molecular weight is 114 g/mol. The van der Waals surface area contributed by atoms with Gasteiger partial charge in [0.25, 0.3) is 0 Å². The molecule has 2 rings (SSSR count). The zero-order chi connectivity index (χ0) is 6.27. The van der Waals surface area contributed by atoms with E-state index in [-0.39, 0.29) is 0 Å². The lowest BCUT2D eigenvalue weighted by Crippen LogP contribution is -2.38. The van der Waals surface area contributed by atoms with Crippen molar-refractivity contribution in [2.45, 2.75) is 25.0 Å². The van der Waals surface area contributed by atoms with Gasteiger partial charge < -0.3 is 10.0 Å². The topological polar surface area (TPSA) is 21.3 Å². The van der Waals surface area contributed by atoms with Crippen molar-refractivity contribution in [2.75, 3.05) is 13.1 Å². The van der Waals surface area contributed by atoms with Crippen LogP contribution in [0.4, 0.5) is 0 Å². The Balaban J connectivity index is 2.03. The summed E-state index contributed by atoms with van der Waals surface area (Å²) < 4.78 is 12.8. The van der Waals surface area contributed by atoms with E-state index in [0.717, 1.165) is 13.1 Å². The maximum Gasteiger partial charge on any atom is 0.122 e. The number of fused-ring (bicyclic) bond motifs is 2. The zero-order valence-corrected chi connectivity index (χ0v) is 4.84. The minimum absolute atomic E-state index is 0.376. The van der Waals surface area contributed by atoms with Gasteiger partial charge in [-0.1, -0.05) is 0 Å². The molecule has 2 nitrogen and oxygen atoms in total. The van der Waals surface area contributed by atoms with Crippen LogP contribution in [0.25, 0.3) is 0 Å². The third-order valence-electron chi connectivity index (χ3n) is 1.86. The molecular formula is C6H11NO. The number of morpholine rings is 1. The summed E-state index contributed by atoms with van der Waals surface area (Å²) >= 11 is 0. The standard InChI is InChI=1S/C6H11NO/c1-2-6-4-7-3-5(1)8-6/h5-7H,1-4H2/i/hD. The maximum absolute atomic E-state index is 7.33. The lowest BCUT2D eigenvalue weighted by atomic mass is 10.2. The number of hydrogen-bond donors (Lipinski definition) is 1.